The van der Waals surface area contributed by atoms with Gasteiger partial charge in [0.05, 0.1) is 4.90 Å². The van der Waals surface area contributed by atoms with Crippen LogP contribution in [0.2, 0.25) is 0 Å². The minimum Gasteiger partial charge on any atom is -0.316 e. The van der Waals surface area contributed by atoms with E-state index >= 15 is 0 Å². The maximum Gasteiger partial charge on any atom is 0.241 e. The SMILES string of the molecule is CCC1CCCC(NS(=O)(=O)c2ccccc2CNC)C1. The van der Waals surface area contributed by atoms with Gasteiger partial charge in [-0.25, -0.2) is 13.1 Å². The first-order chi connectivity index (χ1) is 10.1. The van der Waals surface area contributed by atoms with E-state index in [9.17, 15) is 8.42 Å². The van der Waals surface area contributed by atoms with Gasteiger partial charge < -0.3 is 5.32 Å². The summed E-state index contributed by atoms with van der Waals surface area (Å²) in [6, 6.07) is 7.29. The van der Waals surface area contributed by atoms with Crippen molar-refractivity contribution >= 4 is 10.0 Å². The molecule has 1 fully saturated rings. The van der Waals surface area contributed by atoms with Crippen molar-refractivity contribution in [2.45, 2.75) is 56.5 Å². The summed E-state index contributed by atoms with van der Waals surface area (Å²) >= 11 is 0. The highest BCUT2D eigenvalue weighted by molar-refractivity contribution is 7.89. The smallest absolute Gasteiger partial charge is 0.241 e. The lowest BCUT2D eigenvalue weighted by Crippen LogP contribution is -2.38. The molecule has 5 heteroatoms. The Morgan fingerprint density at radius 2 is 2.00 bits per heavy atom. The van der Waals surface area contributed by atoms with E-state index in [-0.39, 0.29) is 6.04 Å². The van der Waals surface area contributed by atoms with Crippen LogP contribution in [0.25, 0.3) is 0 Å². The standard InChI is InChI=1S/C16H26N2O2S/c1-3-13-7-6-9-15(11-13)18-21(19,20)16-10-5-4-8-14(16)12-17-2/h4-5,8,10,13,15,17-18H,3,6-7,9,11-12H2,1-2H3. The number of sulfonamides is 1. The summed E-state index contributed by atoms with van der Waals surface area (Å²) in [6.07, 6.45) is 5.39. The van der Waals surface area contributed by atoms with Crippen LogP contribution in [-0.2, 0) is 16.6 Å². The van der Waals surface area contributed by atoms with Gasteiger partial charge in [0.15, 0.2) is 0 Å². The summed E-state index contributed by atoms with van der Waals surface area (Å²) in [5.41, 5.74) is 0.815. The predicted molar refractivity (Wildman–Crippen MR) is 85.6 cm³/mol. The van der Waals surface area contributed by atoms with Crippen LogP contribution in [0, 0.1) is 5.92 Å². The van der Waals surface area contributed by atoms with Crippen LogP contribution in [0.5, 0.6) is 0 Å². The normalized spacial score (nSPS) is 23.1. The van der Waals surface area contributed by atoms with Gasteiger partial charge in [0.2, 0.25) is 10.0 Å². The van der Waals surface area contributed by atoms with Crippen LogP contribution in [0.3, 0.4) is 0 Å². The summed E-state index contributed by atoms with van der Waals surface area (Å²) in [7, 11) is -1.61. The summed E-state index contributed by atoms with van der Waals surface area (Å²) in [4.78, 5) is 0.401. The second-order valence-electron chi connectivity index (χ2n) is 5.90. The number of rotatable bonds is 6. The first kappa shape index (κ1) is 16.5. The topological polar surface area (TPSA) is 58.2 Å². The quantitative estimate of drug-likeness (QED) is 0.849. The number of hydrogen-bond acceptors (Lipinski definition) is 3. The highest BCUT2D eigenvalue weighted by Crippen LogP contribution is 2.28. The van der Waals surface area contributed by atoms with E-state index in [1.807, 2.05) is 19.2 Å². The first-order valence-electron chi connectivity index (χ1n) is 7.81. The van der Waals surface area contributed by atoms with Crippen LogP contribution >= 0.6 is 0 Å². The third kappa shape index (κ3) is 4.28. The Hall–Kier alpha value is -0.910. The first-order valence-corrected chi connectivity index (χ1v) is 9.30. The van der Waals surface area contributed by atoms with E-state index in [1.54, 1.807) is 12.1 Å². The van der Waals surface area contributed by atoms with Crippen molar-refractivity contribution in [1.82, 2.24) is 10.0 Å². The minimum atomic E-state index is -3.43. The van der Waals surface area contributed by atoms with E-state index in [0.29, 0.717) is 17.4 Å². The van der Waals surface area contributed by atoms with E-state index in [2.05, 4.69) is 17.0 Å². The van der Waals surface area contributed by atoms with Crippen LogP contribution in [0.15, 0.2) is 29.2 Å². The molecule has 2 unspecified atom stereocenters. The van der Waals surface area contributed by atoms with Crippen molar-refractivity contribution in [1.29, 1.82) is 0 Å². The minimum absolute atomic E-state index is 0.0799. The molecule has 2 N–H and O–H groups in total. The monoisotopic (exact) mass is 310 g/mol. The zero-order valence-electron chi connectivity index (χ0n) is 12.9. The molecule has 1 aromatic rings. The molecule has 118 valence electrons. The van der Waals surface area contributed by atoms with Crippen molar-refractivity contribution in [2.75, 3.05) is 7.05 Å². The second-order valence-corrected chi connectivity index (χ2v) is 7.58. The Morgan fingerprint density at radius 3 is 2.71 bits per heavy atom. The Bertz CT molecular complexity index is 557. The maximum atomic E-state index is 12.7. The average Bonchev–Trinajstić information content (AvgIpc) is 2.48. The maximum absolute atomic E-state index is 12.7. The fourth-order valence-electron chi connectivity index (χ4n) is 3.15. The molecule has 0 aromatic heterocycles. The Morgan fingerprint density at radius 1 is 1.24 bits per heavy atom. The highest BCUT2D eigenvalue weighted by Gasteiger charge is 2.26. The van der Waals surface area contributed by atoms with Gasteiger partial charge in [-0.2, -0.15) is 0 Å². The highest BCUT2D eigenvalue weighted by atomic mass is 32.2. The van der Waals surface area contributed by atoms with Crippen molar-refractivity contribution in [3.8, 4) is 0 Å². The van der Waals surface area contributed by atoms with Gasteiger partial charge in [-0.05, 0) is 37.4 Å². The van der Waals surface area contributed by atoms with Crippen LogP contribution in [0.1, 0.15) is 44.6 Å². The molecule has 0 spiro atoms. The van der Waals surface area contributed by atoms with E-state index in [4.69, 9.17) is 0 Å². The summed E-state index contributed by atoms with van der Waals surface area (Å²) in [6.45, 7) is 2.74. The zero-order valence-corrected chi connectivity index (χ0v) is 13.7. The molecule has 0 bridgehead atoms. The fraction of sp³-hybridized carbons (Fsp3) is 0.625. The number of nitrogens with one attached hydrogen (secondary N) is 2. The molecule has 4 nitrogen and oxygen atoms in total. The number of benzene rings is 1. The lowest BCUT2D eigenvalue weighted by molar-refractivity contribution is 0.301. The average molecular weight is 310 g/mol. The molecule has 0 radical (unpaired) electrons. The molecular weight excluding hydrogens is 284 g/mol. The Balaban J connectivity index is 2.15. The molecule has 2 rings (SSSR count). The predicted octanol–water partition coefficient (Wildman–Crippen LogP) is 2.65. The molecule has 0 aliphatic heterocycles. The summed E-state index contributed by atoms with van der Waals surface area (Å²) in [5, 5.41) is 3.02. The van der Waals surface area contributed by atoms with Crippen molar-refractivity contribution < 1.29 is 8.42 Å². The molecule has 2 atom stereocenters. The van der Waals surface area contributed by atoms with Crippen LogP contribution in [-0.4, -0.2) is 21.5 Å². The lowest BCUT2D eigenvalue weighted by Gasteiger charge is -2.29. The van der Waals surface area contributed by atoms with Crippen molar-refractivity contribution in [2.24, 2.45) is 5.92 Å². The molecule has 0 heterocycles. The molecule has 1 aliphatic carbocycles. The molecule has 1 aromatic carbocycles. The van der Waals surface area contributed by atoms with Crippen LogP contribution in [0.4, 0.5) is 0 Å². The van der Waals surface area contributed by atoms with Crippen molar-refractivity contribution in [3.05, 3.63) is 29.8 Å². The molecular formula is C16H26N2O2S. The zero-order chi connectivity index (χ0) is 15.3. The summed E-state index contributed by atoms with van der Waals surface area (Å²) in [5.74, 6) is 0.652. The molecule has 0 amide bonds. The van der Waals surface area contributed by atoms with Gasteiger partial charge in [-0.3, -0.25) is 0 Å². The van der Waals surface area contributed by atoms with Gasteiger partial charge in [0.1, 0.15) is 0 Å². The van der Waals surface area contributed by atoms with Crippen molar-refractivity contribution in [3.63, 3.8) is 0 Å². The molecule has 21 heavy (non-hydrogen) atoms. The van der Waals surface area contributed by atoms with E-state index in [1.165, 1.54) is 6.42 Å². The molecule has 0 saturated heterocycles. The van der Waals surface area contributed by atoms with Gasteiger partial charge in [-0.1, -0.05) is 44.4 Å². The largest absolute Gasteiger partial charge is 0.316 e. The molecule has 1 aliphatic rings. The van der Waals surface area contributed by atoms with Gasteiger partial charge in [-0.15, -0.1) is 0 Å². The van der Waals surface area contributed by atoms with Crippen LogP contribution < -0.4 is 10.0 Å². The Labute approximate surface area is 128 Å². The van der Waals surface area contributed by atoms with E-state index < -0.39 is 10.0 Å². The third-order valence-electron chi connectivity index (χ3n) is 4.31. The third-order valence-corrected chi connectivity index (χ3v) is 5.93. The second kappa shape index (κ2) is 7.38. The summed E-state index contributed by atoms with van der Waals surface area (Å²) < 4.78 is 28.2. The fourth-order valence-corrected chi connectivity index (χ4v) is 4.68. The van der Waals surface area contributed by atoms with Gasteiger partial charge in [0.25, 0.3) is 0 Å². The molecule has 1 saturated carbocycles. The van der Waals surface area contributed by atoms with E-state index in [0.717, 1.165) is 31.2 Å². The van der Waals surface area contributed by atoms with Gasteiger partial charge >= 0.3 is 0 Å². The Kier molecular flexibility index (Phi) is 5.79. The lowest BCUT2D eigenvalue weighted by atomic mass is 9.85. The number of hydrogen-bond donors (Lipinski definition) is 2. The van der Waals surface area contributed by atoms with Gasteiger partial charge in [0, 0.05) is 12.6 Å².